The number of aromatic nitrogens is 1. The maximum Gasteiger partial charge on any atom is 0.416 e. The summed E-state index contributed by atoms with van der Waals surface area (Å²) in [6.45, 7) is 1.82. The van der Waals surface area contributed by atoms with Gasteiger partial charge in [-0.15, -0.1) is 0 Å². The summed E-state index contributed by atoms with van der Waals surface area (Å²) in [4.78, 5) is 4.18. The molecule has 1 aromatic carbocycles. The summed E-state index contributed by atoms with van der Waals surface area (Å²) in [6.07, 6.45) is -2.70. The molecule has 0 saturated carbocycles. The van der Waals surface area contributed by atoms with Crippen LogP contribution in [-0.2, 0) is 6.18 Å². The maximum absolute atomic E-state index is 12.4. The molecule has 100 valence electrons. The summed E-state index contributed by atoms with van der Waals surface area (Å²) in [5.74, 6) is 0. The molecule has 0 aliphatic carbocycles. The number of nitrogens with zero attached hydrogens (tertiary/aromatic N) is 1. The first-order chi connectivity index (χ1) is 8.88. The van der Waals surface area contributed by atoms with E-state index in [2.05, 4.69) is 4.98 Å². The van der Waals surface area contributed by atoms with E-state index in [1.807, 2.05) is 6.92 Å². The Labute approximate surface area is 109 Å². The Bertz CT molecular complexity index is 542. The molecular formula is C14H13F3N2. The van der Waals surface area contributed by atoms with Gasteiger partial charge in [-0.25, -0.2) is 0 Å². The van der Waals surface area contributed by atoms with Gasteiger partial charge in [-0.1, -0.05) is 18.2 Å². The molecule has 0 aliphatic rings. The molecule has 0 amide bonds. The molecule has 0 aliphatic heterocycles. The van der Waals surface area contributed by atoms with Gasteiger partial charge in [-0.2, -0.15) is 13.2 Å². The first-order valence-corrected chi connectivity index (χ1v) is 5.77. The van der Waals surface area contributed by atoms with Gasteiger partial charge in [0, 0.05) is 17.8 Å². The molecule has 1 heterocycles. The highest BCUT2D eigenvalue weighted by atomic mass is 19.4. The lowest BCUT2D eigenvalue weighted by molar-refractivity contribution is -0.137. The van der Waals surface area contributed by atoms with Gasteiger partial charge in [0.25, 0.3) is 0 Å². The van der Waals surface area contributed by atoms with Crippen LogP contribution in [-0.4, -0.2) is 4.98 Å². The fraction of sp³-hybridized carbons (Fsp3) is 0.214. The Morgan fingerprint density at radius 3 is 2.00 bits per heavy atom. The van der Waals surface area contributed by atoms with E-state index in [1.165, 1.54) is 12.1 Å². The summed E-state index contributed by atoms with van der Waals surface area (Å²) >= 11 is 0. The second kappa shape index (κ2) is 5.01. The van der Waals surface area contributed by atoms with E-state index in [-0.39, 0.29) is 6.04 Å². The quantitative estimate of drug-likeness (QED) is 0.898. The highest BCUT2D eigenvalue weighted by Crippen LogP contribution is 2.30. The van der Waals surface area contributed by atoms with Crippen molar-refractivity contribution in [2.45, 2.75) is 19.1 Å². The molecule has 0 spiro atoms. The van der Waals surface area contributed by atoms with Crippen LogP contribution in [0.3, 0.4) is 0 Å². The second-order valence-electron chi connectivity index (χ2n) is 4.34. The Balaban J connectivity index is 2.27. The van der Waals surface area contributed by atoms with Crippen LogP contribution in [0.5, 0.6) is 0 Å². The number of pyridine rings is 1. The van der Waals surface area contributed by atoms with E-state index in [0.717, 1.165) is 23.4 Å². The van der Waals surface area contributed by atoms with Gasteiger partial charge in [0.15, 0.2) is 0 Å². The van der Waals surface area contributed by atoms with E-state index in [9.17, 15) is 13.2 Å². The largest absolute Gasteiger partial charge is 0.416 e. The minimum atomic E-state index is -4.31. The lowest BCUT2D eigenvalue weighted by Crippen LogP contribution is -2.06. The van der Waals surface area contributed by atoms with Gasteiger partial charge in [0.1, 0.15) is 0 Å². The van der Waals surface area contributed by atoms with Gasteiger partial charge in [0.05, 0.1) is 11.3 Å². The zero-order valence-corrected chi connectivity index (χ0v) is 10.3. The van der Waals surface area contributed by atoms with Crippen LogP contribution in [0.4, 0.5) is 13.2 Å². The highest BCUT2D eigenvalue weighted by molar-refractivity contribution is 5.62. The predicted molar refractivity (Wildman–Crippen MR) is 67.3 cm³/mol. The monoisotopic (exact) mass is 266 g/mol. The van der Waals surface area contributed by atoms with Crippen LogP contribution in [0.25, 0.3) is 11.1 Å². The molecule has 19 heavy (non-hydrogen) atoms. The number of benzene rings is 1. The minimum Gasteiger partial charge on any atom is -0.323 e. The van der Waals surface area contributed by atoms with Crippen molar-refractivity contribution in [3.63, 3.8) is 0 Å². The van der Waals surface area contributed by atoms with Crippen molar-refractivity contribution in [1.29, 1.82) is 0 Å². The van der Waals surface area contributed by atoms with Gasteiger partial charge < -0.3 is 5.73 Å². The van der Waals surface area contributed by atoms with Crippen molar-refractivity contribution < 1.29 is 13.2 Å². The molecule has 1 atom stereocenters. The molecule has 0 saturated heterocycles. The SMILES string of the molecule is C[C@H](N)c1ccc(-c2ccc(C(F)(F)F)cc2)cn1. The number of rotatable bonds is 2. The van der Waals surface area contributed by atoms with E-state index in [4.69, 9.17) is 5.73 Å². The molecule has 1 aromatic heterocycles. The first-order valence-electron chi connectivity index (χ1n) is 5.77. The number of nitrogens with two attached hydrogens (primary N) is 1. The number of halogens is 3. The average Bonchev–Trinajstić information content (AvgIpc) is 2.38. The van der Waals surface area contributed by atoms with Gasteiger partial charge >= 0.3 is 6.18 Å². The Morgan fingerprint density at radius 2 is 1.58 bits per heavy atom. The third-order valence-electron chi connectivity index (χ3n) is 2.80. The van der Waals surface area contributed by atoms with Gasteiger partial charge in [-0.05, 0) is 30.7 Å². The van der Waals surface area contributed by atoms with Crippen molar-refractivity contribution in [3.05, 3.63) is 53.9 Å². The van der Waals surface area contributed by atoms with E-state index < -0.39 is 11.7 Å². The molecule has 0 bridgehead atoms. The highest BCUT2D eigenvalue weighted by Gasteiger charge is 2.29. The van der Waals surface area contributed by atoms with Crippen molar-refractivity contribution in [2.75, 3.05) is 0 Å². The number of hydrogen-bond donors (Lipinski definition) is 1. The molecule has 5 heteroatoms. The zero-order valence-electron chi connectivity index (χ0n) is 10.3. The lowest BCUT2D eigenvalue weighted by atomic mass is 10.0. The lowest BCUT2D eigenvalue weighted by Gasteiger charge is -2.09. The summed E-state index contributed by atoms with van der Waals surface area (Å²) in [5.41, 5.74) is 7.23. The fourth-order valence-corrected chi connectivity index (χ4v) is 1.70. The number of hydrogen-bond acceptors (Lipinski definition) is 2. The summed E-state index contributed by atoms with van der Waals surface area (Å²) < 4.78 is 37.3. The van der Waals surface area contributed by atoms with Gasteiger partial charge in [0.2, 0.25) is 0 Å². The zero-order chi connectivity index (χ0) is 14.0. The average molecular weight is 266 g/mol. The summed E-state index contributed by atoms with van der Waals surface area (Å²) in [6, 6.07) is 8.41. The molecule has 2 N–H and O–H groups in total. The number of alkyl halides is 3. The maximum atomic E-state index is 12.4. The smallest absolute Gasteiger partial charge is 0.323 e. The van der Waals surface area contributed by atoms with Crippen LogP contribution < -0.4 is 5.73 Å². The molecule has 0 unspecified atom stereocenters. The second-order valence-corrected chi connectivity index (χ2v) is 4.34. The third-order valence-corrected chi connectivity index (χ3v) is 2.80. The standard InChI is InChI=1S/C14H13F3N2/c1-9(18)13-7-4-11(8-19-13)10-2-5-12(6-3-10)14(15,16)17/h2-9H,18H2,1H3/t9-/m0/s1. The Kier molecular flexibility index (Phi) is 3.57. The van der Waals surface area contributed by atoms with E-state index in [1.54, 1.807) is 18.3 Å². The summed E-state index contributed by atoms with van der Waals surface area (Å²) in [5, 5.41) is 0. The van der Waals surface area contributed by atoms with Crippen molar-refractivity contribution in [3.8, 4) is 11.1 Å². The van der Waals surface area contributed by atoms with Gasteiger partial charge in [-0.3, -0.25) is 4.98 Å². The Morgan fingerprint density at radius 1 is 1.00 bits per heavy atom. The molecule has 0 radical (unpaired) electrons. The minimum absolute atomic E-state index is 0.165. The summed E-state index contributed by atoms with van der Waals surface area (Å²) in [7, 11) is 0. The van der Waals surface area contributed by atoms with E-state index in [0.29, 0.717) is 5.56 Å². The van der Waals surface area contributed by atoms with Crippen LogP contribution >= 0.6 is 0 Å². The first kappa shape index (κ1) is 13.5. The predicted octanol–water partition coefficient (Wildman–Crippen LogP) is 3.79. The Hall–Kier alpha value is -1.88. The topological polar surface area (TPSA) is 38.9 Å². The molecule has 2 rings (SSSR count). The fourth-order valence-electron chi connectivity index (χ4n) is 1.70. The van der Waals surface area contributed by atoms with Crippen molar-refractivity contribution in [1.82, 2.24) is 4.98 Å². The molecular weight excluding hydrogens is 253 g/mol. The molecule has 2 nitrogen and oxygen atoms in total. The van der Waals surface area contributed by atoms with Crippen molar-refractivity contribution >= 4 is 0 Å². The van der Waals surface area contributed by atoms with Crippen LogP contribution in [0, 0.1) is 0 Å². The van der Waals surface area contributed by atoms with Crippen LogP contribution in [0.1, 0.15) is 24.2 Å². The van der Waals surface area contributed by atoms with Crippen LogP contribution in [0.2, 0.25) is 0 Å². The van der Waals surface area contributed by atoms with E-state index >= 15 is 0 Å². The molecule has 2 aromatic rings. The normalized spacial score (nSPS) is 13.3. The van der Waals surface area contributed by atoms with Crippen molar-refractivity contribution in [2.24, 2.45) is 5.73 Å². The molecule has 0 fully saturated rings. The third kappa shape index (κ3) is 3.12. The van der Waals surface area contributed by atoms with Crippen LogP contribution in [0.15, 0.2) is 42.6 Å².